The zero-order chi connectivity index (χ0) is 20.5. The lowest BCUT2D eigenvalue weighted by molar-refractivity contribution is -0.128. The number of benzene rings is 1. The quantitative estimate of drug-likeness (QED) is 0.290. The number of rotatable bonds is 8. The Labute approximate surface area is 199 Å². The minimum absolute atomic E-state index is 0. The summed E-state index contributed by atoms with van der Waals surface area (Å²) in [6.45, 7) is 4.62. The molecule has 2 N–H and O–H groups in total. The van der Waals surface area contributed by atoms with Crippen molar-refractivity contribution in [2.24, 2.45) is 10.9 Å². The second-order valence-corrected chi connectivity index (χ2v) is 8.79. The molecule has 0 radical (unpaired) electrons. The van der Waals surface area contributed by atoms with Gasteiger partial charge in [-0.15, -0.1) is 24.0 Å². The Bertz CT molecular complexity index is 670. The minimum Gasteiger partial charge on any atom is -0.354 e. The second-order valence-electron chi connectivity index (χ2n) is 8.79. The number of hydrogen-bond acceptors (Lipinski definition) is 2. The van der Waals surface area contributed by atoms with Gasteiger partial charge in [-0.3, -0.25) is 9.79 Å². The molecule has 2 aliphatic rings. The maximum absolute atomic E-state index is 11.8. The molecule has 1 amide bonds. The summed E-state index contributed by atoms with van der Waals surface area (Å²) in [5.74, 6) is 2.08. The molecule has 1 saturated carbocycles. The van der Waals surface area contributed by atoms with Gasteiger partial charge in [0.1, 0.15) is 0 Å². The average Bonchev–Trinajstić information content (AvgIpc) is 3.15. The fourth-order valence-electron chi connectivity index (χ4n) is 4.50. The predicted molar refractivity (Wildman–Crippen MR) is 135 cm³/mol. The fourth-order valence-corrected chi connectivity index (χ4v) is 4.50. The van der Waals surface area contributed by atoms with Crippen molar-refractivity contribution in [3.05, 3.63) is 35.4 Å². The van der Waals surface area contributed by atoms with Crippen LogP contribution in [-0.2, 0) is 17.9 Å². The maximum atomic E-state index is 11.8. The molecule has 1 atom stereocenters. The SMILES string of the molecule is CN=C(NCc1ccc(CN2CCCC2=O)cc1)NC(C)CCC1CCCCC1.I. The van der Waals surface area contributed by atoms with E-state index in [1.807, 2.05) is 11.9 Å². The average molecular weight is 527 g/mol. The fraction of sp³-hybridized carbons (Fsp3) is 0.667. The highest BCUT2D eigenvalue weighted by molar-refractivity contribution is 14.0. The van der Waals surface area contributed by atoms with Gasteiger partial charge in [0.2, 0.25) is 5.91 Å². The van der Waals surface area contributed by atoms with Crippen LogP contribution in [-0.4, -0.2) is 36.4 Å². The third-order valence-electron chi connectivity index (χ3n) is 6.37. The summed E-state index contributed by atoms with van der Waals surface area (Å²) in [5, 5.41) is 6.96. The van der Waals surface area contributed by atoms with Crippen molar-refractivity contribution in [3.63, 3.8) is 0 Å². The number of amides is 1. The summed E-state index contributed by atoms with van der Waals surface area (Å²) in [6.07, 6.45) is 11.3. The second kappa shape index (κ2) is 13.2. The molecule has 5 nitrogen and oxygen atoms in total. The molecule has 1 heterocycles. The summed E-state index contributed by atoms with van der Waals surface area (Å²) in [5.41, 5.74) is 2.42. The lowest BCUT2D eigenvalue weighted by atomic mass is 9.85. The van der Waals surface area contributed by atoms with E-state index in [1.54, 1.807) is 0 Å². The Morgan fingerprint density at radius 2 is 1.83 bits per heavy atom. The van der Waals surface area contributed by atoms with Crippen molar-refractivity contribution in [1.82, 2.24) is 15.5 Å². The van der Waals surface area contributed by atoms with Gasteiger partial charge in [0.05, 0.1) is 0 Å². The van der Waals surface area contributed by atoms with Gasteiger partial charge >= 0.3 is 0 Å². The van der Waals surface area contributed by atoms with E-state index >= 15 is 0 Å². The highest BCUT2D eigenvalue weighted by atomic mass is 127. The van der Waals surface area contributed by atoms with Crippen LogP contribution in [0.5, 0.6) is 0 Å². The van der Waals surface area contributed by atoms with Crippen LogP contribution in [0.4, 0.5) is 0 Å². The Hall–Kier alpha value is -1.31. The van der Waals surface area contributed by atoms with Crippen molar-refractivity contribution in [3.8, 4) is 0 Å². The highest BCUT2D eigenvalue weighted by Crippen LogP contribution is 2.27. The third kappa shape index (κ3) is 8.08. The van der Waals surface area contributed by atoms with Gasteiger partial charge in [0, 0.05) is 39.1 Å². The molecule has 1 aliphatic carbocycles. The predicted octanol–water partition coefficient (Wildman–Crippen LogP) is 4.84. The number of nitrogens with zero attached hydrogens (tertiary/aromatic N) is 2. The van der Waals surface area contributed by atoms with Crippen LogP contribution < -0.4 is 10.6 Å². The van der Waals surface area contributed by atoms with Crippen molar-refractivity contribution in [2.75, 3.05) is 13.6 Å². The first kappa shape index (κ1) is 25.0. The van der Waals surface area contributed by atoms with Crippen LogP contribution in [0.3, 0.4) is 0 Å². The molecule has 0 bridgehead atoms. The zero-order valence-corrected chi connectivity index (χ0v) is 21.0. The van der Waals surface area contributed by atoms with Crippen molar-refractivity contribution < 1.29 is 4.79 Å². The van der Waals surface area contributed by atoms with Crippen molar-refractivity contribution >= 4 is 35.8 Å². The smallest absolute Gasteiger partial charge is 0.222 e. The Balaban J connectivity index is 0.00000320. The van der Waals surface area contributed by atoms with Crippen LogP contribution in [0, 0.1) is 5.92 Å². The molecule has 2 fully saturated rings. The van der Waals surface area contributed by atoms with E-state index in [0.717, 1.165) is 37.9 Å². The number of hydrogen-bond donors (Lipinski definition) is 2. The van der Waals surface area contributed by atoms with Gasteiger partial charge in [-0.25, -0.2) is 0 Å². The molecule has 1 aromatic carbocycles. The number of aliphatic imine (C=N–C) groups is 1. The van der Waals surface area contributed by atoms with Crippen LogP contribution in [0.25, 0.3) is 0 Å². The van der Waals surface area contributed by atoms with E-state index in [-0.39, 0.29) is 29.9 Å². The lowest BCUT2D eigenvalue weighted by Crippen LogP contribution is -2.42. The monoisotopic (exact) mass is 526 g/mol. The van der Waals surface area contributed by atoms with E-state index in [0.29, 0.717) is 12.5 Å². The molecular formula is C24H39IN4O. The van der Waals surface area contributed by atoms with Gasteiger partial charge in [-0.05, 0) is 43.2 Å². The summed E-state index contributed by atoms with van der Waals surface area (Å²) in [7, 11) is 1.83. The number of likely N-dealkylation sites (tertiary alicyclic amines) is 1. The molecule has 3 rings (SSSR count). The van der Waals surface area contributed by atoms with Gasteiger partial charge < -0.3 is 15.5 Å². The first-order chi connectivity index (χ1) is 14.1. The third-order valence-corrected chi connectivity index (χ3v) is 6.37. The summed E-state index contributed by atoms with van der Waals surface area (Å²) < 4.78 is 0. The van der Waals surface area contributed by atoms with Gasteiger partial charge in [0.25, 0.3) is 0 Å². The Kier molecular flexibility index (Phi) is 11.0. The standard InChI is InChI=1S/C24H38N4O.HI/c1-19(10-11-20-7-4-3-5-8-20)27-24(25-2)26-17-21-12-14-22(15-13-21)18-28-16-6-9-23(28)29;/h12-15,19-20H,3-11,16-18H2,1-2H3,(H2,25,26,27);1H. The Morgan fingerprint density at radius 3 is 2.47 bits per heavy atom. The molecule has 0 spiro atoms. The summed E-state index contributed by atoms with van der Waals surface area (Å²) in [6, 6.07) is 8.98. The largest absolute Gasteiger partial charge is 0.354 e. The molecule has 0 aromatic heterocycles. The highest BCUT2D eigenvalue weighted by Gasteiger charge is 2.19. The van der Waals surface area contributed by atoms with Gasteiger partial charge in [-0.1, -0.05) is 56.4 Å². The molecule has 1 saturated heterocycles. The summed E-state index contributed by atoms with van der Waals surface area (Å²) in [4.78, 5) is 18.1. The molecule has 1 aliphatic heterocycles. The van der Waals surface area contributed by atoms with E-state index in [1.165, 1.54) is 56.1 Å². The summed E-state index contributed by atoms with van der Waals surface area (Å²) >= 11 is 0. The van der Waals surface area contributed by atoms with Crippen LogP contribution in [0.15, 0.2) is 29.3 Å². The topological polar surface area (TPSA) is 56.7 Å². The van der Waals surface area contributed by atoms with E-state index in [4.69, 9.17) is 0 Å². The lowest BCUT2D eigenvalue weighted by Gasteiger charge is -2.24. The van der Waals surface area contributed by atoms with Crippen LogP contribution >= 0.6 is 24.0 Å². The molecule has 1 aromatic rings. The molecule has 1 unspecified atom stereocenters. The molecule has 168 valence electrons. The molecule has 6 heteroatoms. The first-order valence-electron chi connectivity index (χ1n) is 11.5. The van der Waals surface area contributed by atoms with Crippen LogP contribution in [0.1, 0.15) is 75.8 Å². The van der Waals surface area contributed by atoms with E-state index in [2.05, 4.69) is 46.8 Å². The first-order valence-corrected chi connectivity index (χ1v) is 11.5. The maximum Gasteiger partial charge on any atom is 0.222 e. The van der Waals surface area contributed by atoms with Gasteiger partial charge in [0.15, 0.2) is 5.96 Å². The number of nitrogens with one attached hydrogen (secondary N) is 2. The number of halogens is 1. The minimum atomic E-state index is 0. The normalized spacial score (nSPS) is 18.8. The Morgan fingerprint density at radius 1 is 1.13 bits per heavy atom. The van der Waals surface area contributed by atoms with Crippen molar-refractivity contribution in [1.29, 1.82) is 0 Å². The number of carbonyl (C=O) groups excluding carboxylic acids is 1. The molecular weight excluding hydrogens is 487 g/mol. The number of carbonyl (C=O) groups is 1. The van der Waals surface area contributed by atoms with Gasteiger partial charge in [-0.2, -0.15) is 0 Å². The van der Waals surface area contributed by atoms with Crippen LogP contribution in [0.2, 0.25) is 0 Å². The van der Waals surface area contributed by atoms with Crippen molar-refractivity contribution in [2.45, 2.75) is 83.8 Å². The molecule has 30 heavy (non-hydrogen) atoms. The van der Waals surface area contributed by atoms with E-state index < -0.39 is 0 Å². The van der Waals surface area contributed by atoms with E-state index in [9.17, 15) is 4.79 Å². The number of guanidine groups is 1. The zero-order valence-electron chi connectivity index (χ0n) is 18.7.